The smallest absolute Gasteiger partial charge is 0.332 e. The number of esters is 1. The maximum atomic E-state index is 13.6. The predicted octanol–water partition coefficient (Wildman–Crippen LogP) is 0.318. The summed E-state index contributed by atoms with van der Waals surface area (Å²) < 4.78 is 45.9. The summed E-state index contributed by atoms with van der Waals surface area (Å²) in [6, 6.07) is 2.50. The molecule has 9 heteroatoms. The van der Waals surface area contributed by atoms with Crippen molar-refractivity contribution in [3.05, 3.63) is 24.0 Å². The lowest BCUT2D eigenvalue weighted by Gasteiger charge is -2.20. The highest BCUT2D eigenvalue weighted by molar-refractivity contribution is 7.89. The van der Waals surface area contributed by atoms with Crippen molar-refractivity contribution in [3.63, 3.8) is 0 Å². The van der Waals surface area contributed by atoms with Crippen LogP contribution in [0.15, 0.2) is 23.2 Å². The minimum absolute atomic E-state index is 0.255. The minimum atomic E-state index is -4.11. The van der Waals surface area contributed by atoms with Gasteiger partial charge in [-0.2, -0.15) is 0 Å². The second kappa shape index (κ2) is 6.73. The van der Waals surface area contributed by atoms with E-state index in [1.54, 1.807) is 0 Å². The predicted molar refractivity (Wildman–Crippen MR) is 66.9 cm³/mol. The van der Waals surface area contributed by atoms with Gasteiger partial charge in [0.25, 0.3) is 0 Å². The molecule has 0 fully saturated rings. The van der Waals surface area contributed by atoms with Crippen LogP contribution in [0.4, 0.5) is 4.39 Å². The van der Waals surface area contributed by atoms with Crippen molar-refractivity contribution < 1.29 is 27.1 Å². The van der Waals surface area contributed by atoms with E-state index in [0.717, 1.165) is 13.0 Å². The van der Waals surface area contributed by atoms with Gasteiger partial charge in [-0.15, -0.1) is 0 Å². The van der Waals surface area contributed by atoms with Crippen LogP contribution < -0.4 is 5.14 Å². The zero-order chi connectivity index (χ0) is 15.3. The summed E-state index contributed by atoms with van der Waals surface area (Å²) in [6.07, 6.45) is -1.90. The Labute approximate surface area is 115 Å². The lowest BCUT2D eigenvalue weighted by Crippen LogP contribution is -2.25. The Balaban J connectivity index is 3.20. The Morgan fingerprint density at radius 2 is 2.20 bits per heavy atom. The van der Waals surface area contributed by atoms with Crippen molar-refractivity contribution >= 4 is 16.0 Å². The van der Waals surface area contributed by atoms with Gasteiger partial charge in [0.1, 0.15) is 23.4 Å². The molecule has 20 heavy (non-hydrogen) atoms. The molecule has 1 aromatic heterocycles. The molecule has 0 unspecified atom stereocenters. The zero-order valence-electron chi connectivity index (χ0n) is 10.9. The summed E-state index contributed by atoms with van der Waals surface area (Å²) in [7, 11) is -2.84. The zero-order valence-corrected chi connectivity index (χ0v) is 11.8. The number of sulfonamides is 1. The first-order valence-electron chi connectivity index (χ1n) is 5.57. The molecule has 0 amide bonds. The fourth-order valence-electron chi connectivity index (χ4n) is 1.52. The number of primary sulfonamides is 1. The van der Waals surface area contributed by atoms with E-state index in [0.29, 0.717) is 0 Å². The van der Waals surface area contributed by atoms with Crippen LogP contribution in [0.2, 0.25) is 0 Å². The number of nitrogens with two attached hydrogens (primary N) is 1. The van der Waals surface area contributed by atoms with E-state index in [1.165, 1.54) is 19.4 Å². The standard InChI is InChI=1S/C11H15FN2O5S/c1-7(12)11(19-9(15)6-18-2)10-8(20(13,16)17)4-3-5-14-10/h3-5,7,11H,6H2,1-2H3,(H2,13,16,17)/t7-,11+/m0/s1. The number of hydrogen-bond acceptors (Lipinski definition) is 6. The highest BCUT2D eigenvalue weighted by atomic mass is 32.2. The lowest BCUT2D eigenvalue weighted by molar-refractivity contribution is -0.157. The Morgan fingerprint density at radius 1 is 1.55 bits per heavy atom. The Morgan fingerprint density at radius 3 is 2.70 bits per heavy atom. The van der Waals surface area contributed by atoms with Gasteiger partial charge >= 0.3 is 5.97 Å². The van der Waals surface area contributed by atoms with Gasteiger partial charge in [0, 0.05) is 13.3 Å². The summed E-state index contributed by atoms with van der Waals surface area (Å²) >= 11 is 0. The molecule has 0 aromatic carbocycles. The number of aromatic nitrogens is 1. The Bertz CT molecular complexity index is 576. The third-order valence-corrected chi connectivity index (χ3v) is 3.27. The molecule has 0 saturated carbocycles. The highest BCUT2D eigenvalue weighted by Crippen LogP contribution is 2.27. The maximum absolute atomic E-state index is 13.6. The molecule has 2 atom stereocenters. The molecule has 0 spiro atoms. The van der Waals surface area contributed by atoms with Gasteiger partial charge in [-0.25, -0.2) is 22.7 Å². The number of hydrogen-bond donors (Lipinski definition) is 1. The van der Waals surface area contributed by atoms with E-state index in [9.17, 15) is 17.6 Å². The molecule has 0 aliphatic rings. The summed E-state index contributed by atoms with van der Waals surface area (Å²) in [6.45, 7) is 0.729. The SMILES string of the molecule is COCC(=O)O[C@@H](c1ncccc1S(N)(=O)=O)[C@H](C)F. The van der Waals surface area contributed by atoms with E-state index in [2.05, 4.69) is 9.72 Å². The van der Waals surface area contributed by atoms with E-state index in [4.69, 9.17) is 9.88 Å². The monoisotopic (exact) mass is 306 g/mol. The van der Waals surface area contributed by atoms with Gasteiger partial charge in [-0.1, -0.05) is 0 Å². The molecule has 1 aromatic rings. The molecule has 0 bridgehead atoms. The topological polar surface area (TPSA) is 109 Å². The van der Waals surface area contributed by atoms with Crippen LogP contribution in [0, 0.1) is 0 Å². The van der Waals surface area contributed by atoms with Gasteiger partial charge in [0.05, 0.1) is 0 Å². The van der Waals surface area contributed by atoms with Crippen molar-refractivity contribution in [2.24, 2.45) is 5.14 Å². The van der Waals surface area contributed by atoms with Crippen molar-refractivity contribution in [3.8, 4) is 0 Å². The fourth-order valence-corrected chi connectivity index (χ4v) is 2.25. The first kappa shape index (κ1) is 16.5. The van der Waals surface area contributed by atoms with Crippen LogP contribution in [0.1, 0.15) is 18.7 Å². The van der Waals surface area contributed by atoms with Crippen LogP contribution in [0.5, 0.6) is 0 Å². The number of pyridine rings is 1. The van der Waals surface area contributed by atoms with Gasteiger partial charge in [0.15, 0.2) is 6.10 Å². The molecule has 0 radical (unpaired) electrons. The summed E-state index contributed by atoms with van der Waals surface area (Å²) in [4.78, 5) is 14.7. The summed E-state index contributed by atoms with van der Waals surface area (Å²) in [5, 5.41) is 5.03. The van der Waals surface area contributed by atoms with Gasteiger partial charge in [-0.05, 0) is 19.1 Å². The average molecular weight is 306 g/mol. The third kappa shape index (κ3) is 4.22. The van der Waals surface area contributed by atoms with E-state index >= 15 is 0 Å². The second-order valence-corrected chi connectivity index (χ2v) is 5.48. The number of carbonyl (C=O) groups excluding carboxylic acids is 1. The van der Waals surface area contributed by atoms with E-state index < -0.39 is 28.3 Å². The normalized spacial score (nSPS) is 14.6. The molecule has 1 heterocycles. The molecule has 1 rings (SSSR count). The van der Waals surface area contributed by atoms with Crippen LogP contribution in [0.25, 0.3) is 0 Å². The van der Waals surface area contributed by atoms with Crippen LogP contribution in [-0.2, 0) is 24.3 Å². The van der Waals surface area contributed by atoms with Crippen LogP contribution in [0.3, 0.4) is 0 Å². The average Bonchev–Trinajstić information content (AvgIpc) is 2.35. The van der Waals surface area contributed by atoms with Crippen molar-refractivity contribution in [2.45, 2.75) is 24.1 Å². The number of carbonyl (C=O) groups is 1. The first-order chi connectivity index (χ1) is 9.27. The van der Waals surface area contributed by atoms with Crippen molar-refractivity contribution in [1.82, 2.24) is 4.98 Å². The van der Waals surface area contributed by atoms with E-state index in [-0.39, 0.29) is 17.2 Å². The number of methoxy groups -OCH3 is 1. The van der Waals surface area contributed by atoms with Crippen LogP contribution in [-0.4, -0.2) is 39.3 Å². The van der Waals surface area contributed by atoms with Gasteiger partial charge < -0.3 is 9.47 Å². The van der Waals surface area contributed by atoms with Gasteiger partial charge in [0.2, 0.25) is 10.0 Å². The molecular weight excluding hydrogens is 291 g/mol. The summed E-state index contributed by atoms with van der Waals surface area (Å²) in [5.41, 5.74) is -0.255. The molecular formula is C11H15FN2O5S. The Hall–Kier alpha value is -1.58. The summed E-state index contributed by atoms with van der Waals surface area (Å²) in [5.74, 6) is -0.840. The quantitative estimate of drug-likeness (QED) is 0.758. The first-order valence-corrected chi connectivity index (χ1v) is 7.12. The van der Waals surface area contributed by atoms with Crippen molar-refractivity contribution in [2.75, 3.05) is 13.7 Å². The molecule has 112 valence electrons. The third-order valence-electron chi connectivity index (χ3n) is 2.31. The Kier molecular flexibility index (Phi) is 5.54. The van der Waals surface area contributed by atoms with Crippen molar-refractivity contribution in [1.29, 1.82) is 0 Å². The fraction of sp³-hybridized carbons (Fsp3) is 0.455. The highest BCUT2D eigenvalue weighted by Gasteiger charge is 2.30. The van der Waals surface area contributed by atoms with E-state index in [1.807, 2.05) is 0 Å². The molecule has 7 nitrogen and oxygen atoms in total. The minimum Gasteiger partial charge on any atom is -0.451 e. The molecule has 0 saturated heterocycles. The lowest BCUT2D eigenvalue weighted by atomic mass is 10.1. The largest absolute Gasteiger partial charge is 0.451 e. The molecule has 0 aliphatic carbocycles. The second-order valence-electron chi connectivity index (χ2n) is 3.95. The molecule has 0 aliphatic heterocycles. The number of nitrogens with zero attached hydrogens (tertiary/aromatic N) is 1. The molecule has 2 N–H and O–H groups in total. The number of halogens is 1. The van der Waals surface area contributed by atoms with Crippen LogP contribution >= 0.6 is 0 Å². The number of ether oxygens (including phenoxy) is 2. The number of rotatable bonds is 6. The number of alkyl halides is 1. The maximum Gasteiger partial charge on any atom is 0.332 e. The van der Waals surface area contributed by atoms with Gasteiger partial charge in [-0.3, -0.25) is 4.98 Å².